The molecule has 4 heteroatoms. The fourth-order valence-corrected chi connectivity index (χ4v) is 3.82. The summed E-state index contributed by atoms with van der Waals surface area (Å²) in [6, 6.07) is 20.6. The van der Waals surface area contributed by atoms with Crippen molar-refractivity contribution in [2.75, 3.05) is 5.32 Å². The standard InChI is InChI=1S/C17H13BrClNS/c18-15-10-13(19)6-8-16(15)20-11-14-7-9-17(21-14)12-4-2-1-3-5-12/h1-10,20H,11H2. The number of hydrogen-bond donors (Lipinski definition) is 1. The lowest BCUT2D eigenvalue weighted by molar-refractivity contribution is 1.19. The molecule has 3 rings (SSSR count). The highest BCUT2D eigenvalue weighted by Gasteiger charge is 2.04. The van der Waals surface area contributed by atoms with Crippen molar-refractivity contribution >= 4 is 44.6 Å². The minimum atomic E-state index is 0.731. The van der Waals surface area contributed by atoms with Gasteiger partial charge in [-0.25, -0.2) is 0 Å². The van der Waals surface area contributed by atoms with E-state index in [0.717, 1.165) is 21.7 Å². The van der Waals surface area contributed by atoms with E-state index in [4.69, 9.17) is 11.6 Å². The summed E-state index contributed by atoms with van der Waals surface area (Å²) in [6.45, 7) is 0.803. The van der Waals surface area contributed by atoms with Gasteiger partial charge in [-0.2, -0.15) is 0 Å². The highest BCUT2D eigenvalue weighted by Crippen LogP contribution is 2.30. The molecular formula is C17H13BrClNS. The molecule has 0 atom stereocenters. The molecule has 1 heterocycles. The molecule has 0 spiro atoms. The summed E-state index contributed by atoms with van der Waals surface area (Å²) >= 11 is 11.3. The van der Waals surface area contributed by atoms with Crippen LogP contribution in [0.15, 0.2) is 65.1 Å². The maximum Gasteiger partial charge on any atom is 0.0494 e. The molecule has 21 heavy (non-hydrogen) atoms. The molecule has 0 fully saturated rings. The fourth-order valence-electron chi connectivity index (χ4n) is 2.05. The van der Waals surface area contributed by atoms with Gasteiger partial charge in [0.25, 0.3) is 0 Å². The van der Waals surface area contributed by atoms with E-state index in [0.29, 0.717) is 0 Å². The number of thiophene rings is 1. The second-order valence-corrected chi connectivity index (χ2v) is 7.07. The van der Waals surface area contributed by atoms with Crippen LogP contribution >= 0.6 is 38.9 Å². The van der Waals surface area contributed by atoms with Gasteiger partial charge >= 0.3 is 0 Å². The van der Waals surface area contributed by atoms with Crippen LogP contribution in [-0.2, 0) is 6.54 Å². The Kier molecular flexibility index (Phi) is 4.63. The summed E-state index contributed by atoms with van der Waals surface area (Å²) in [6.07, 6.45) is 0. The van der Waals surface area contributed by atoms with Gasteiger partial charge in [-0.15, -0.1) is 11.3 Å². The van der Waals surface area contributed by atoms with E-state index in [1.807, 2.05) is 35.6 Å². The molecule has 1 nitrogen and oxygen atoms in total. The molecular weight excluding hydrogens is 366 g/mol. The summed E-state index contributed by atoms with van der Waals surface area (Å²) in [7, 11) is 0. The monoisotopic (exact) mass is 377 g/mol. The molecule has 0 aliphatic rings. The van der Waals surface area contributed by atoms with Gasteiger partial charge in [0.15, 0.2) is 0 Å². The number of halogens is 2. The number of rotatable bonds is 4. The number of hydrogen-bond acceptors (Lipinski definition) is 2. The van der Waals surface area contributed by atoms with Crippen molar-refractivity contribution in [2.24, 2.45) is 0 Å². The Balaban J connectivity index is 1.70. The van der Waals surface area contributed by atoms with Crippen molar-refractivity contribution in [1.82, 2.24) is 0 Å². The van der Waals surface area contributed by atoms with Gasteiger partial charge in [-0.05, 0) is 51.8 Å². The van der Waals surface area contributed by atoms with Crippen LogP contribution in [0.3, 0.4) is 0 Å². The summed E-state index contributed by atoms with van der Waals surface area (Å²) < 4.78 is 0.981. The van der Waals surface area contributed by atoms with Crippen molar-refractivity contribution < 1.29 is 0 Å². The lowest BCUT2D eigenvalue weighted by Gasteiger charge is -2.07. The first-order chi connectivity index (χ1) is 10.2. The number of benzene rings is 2. The second-order valence-electron chi connectivity index (χ2n) is 4.61. The van der Waals surface area contributed by atoms with Crippen LogP contribution in [0.4, 0.5) is 5.69 Å². The second kappa shape index (κ2) is 6.65. The zero-order valence-corrected chi connectivity index (χ0v) is 14.3. The van der Waals surface area contributed by atoms with E-state index < -0.39 is 0 Å². The Morgan fingerprint density at radius 2 is 1.81 bits per heavy atom. The fraction of sp³-hybridized carbons (Fsp3) is 0.0588. The molecule has 0 aliphatic carbocycles. The van der Waals surface area contributed by atoms with Crippen molar-refractivity contribution in [1.29, 1.82) is 0 Å². The van der Waals surface area contributed by atoms with Crippen LogP contribution in [0.25, 0.3) is 10.4 Å². The van der Waals surface area contributed by atoms with Crippen molar-refractivity contribution in [2.45, 2.75) is 6.54 Å². The smallest absolute Gasteiger partial charge is 0.0494 e. The van der Waals surface area contributed by atoms with Crippen LogP contribution in [0, 0.1) is 0 Å². The van der Waals surface area contributed by atoms with E-state index in [9.17, 15) is 0 Å². The predicted molar refractivity (Wildman–Crippen MR) is 96.2 cm³/mol. The van der Waals surface area contributed by atoms with Gasteiger partial charge in [0, 0.05) is 31.5 Å². The summed E-state index contributed by atoms with van der Waals surface area (Å²) in [4.78, 5) is 2.60. The quantitative estimate of drug-likeness (QED) is 0.550. The number of anilines is 1. The average Bonchev–Trinajstić information content (AvgIpc) is 2.96. The molecule has 1 N–H and O–H groups in total. The molecule has 0 radical (unpaired) electrons. The lowest BCUT2D eigenvalue weighted by Crippen LogP contribution is -1.97. The van der Waals surface area contributed by atoms with Crippen LogP contribution < -0.4 is 5.32 Å². The lowest BCUT2D eigenvalue weighted by atomic mass is 10.2. The molecule has 106 valence electrons. The highest BCUT2D eigenvalue weighted by atomic mass is 79.9. The number of nitrogens with one attached hydrogen (secondary N) is 1. The zero-order chi connectivity index (χ0) is 14.7. The van der Waals surface area contributed by atoms with Crippen LogP contribution in [-0.4, -0.2) is 0 Å². The molecule has 0 saturated carbocycles. The summed E-state index contributed by atoms with van der Waals surface area (Å²) in [5.41, 5.74) is 2.32. The molecule has 0 saturated heterocycles. The first kappa shape index (κ1) is 14.6. The van der Waals surface area contributed by atoms with Crippen molar-refractivity contribution in [3.63, 3.8) is 0 Å². The molecule has 2 aromatic carbocycles. The minimum absolute atomic E-state index is 0.731. The minimum Gasteiger partial charge on any atom is -0.379 e. The topological polar surface area (TPSA) is 12.0 Å². The van der Waals surface area contributed by atoms with E-state index >= 15 is 0 Å². The Bertz CT molecular complexity index is 740. The van der Waals surface area contributed by atoms with Gasteiger partial charge in [0.05, 0.1) is 0 Å². The maximum atomic E-state index is 5.95. The maximum absolute atomic E-state index is 5.95. The Labute approximate surface area is 141 Å². The third-order valence-corrected chi connectivity index (χ3v) is 5.13. The van der Waals surface area contributed by atoms with Gasteiger partial charge in [0.1, 0.15) is 0 Å². The molecule has 3 aromatic rings. The highest BCUT2D eigenvalue weighted by molar-refractivity contribution is 9.10. The summed E-state index contributed by atoms with van der Waals surface area (Å²) in [5.74, 6) is 0. The molecule has 0 unspecified atom stereocenters. The third kappa shape index (κ3) is 3.67. The average molecular weight is 379 g/mol. The Morgan fingerprint density at radius 3 is 2.57 bits per heavy atom. The first-order valence-electron chi connectivity index (χ1n) is 6.55. The van der Waals surface area contributed by atoms with Crippen molar-refractivity contribution in [3.8, 4) is 10.4 Å². The zero-order valence-electron chi connectivity index (χ0n) is 11.1. The van der Waals surface area contributed by atoms with Crippen LogP contribution in [0.2, 0.25) is 5.02 Å². The largest absolute Gasteiger partial charge is 0.379 e. The van der Waals surface area contributed by atoms with Crippen LogP contribution in [0.1, 0.15) is 4.88 Å². The third-order valence-electron chi connectivity index (χ3n) is 3.10. The van der Waals surface area contributed by atoms with Gasteiger partial charge in [-0.3, -0.25) is 0 Å². The first-order valence-corrected chi connectivity index (χ1v) is 8.54. The Hall–Kier alpha value is -1.29. The molecule has 1 aromatic heterocycles. The van der Waals surface area contributed by atoms with Gasteiger partial charge in [0.2, 0.25) is 0 Å². The van der Waals surface area contributed by atoms with E-state index in [-0.39, 0.29) is 0 Å². The Morgan fingerprint density at radius 1 is 1.00 bits per heavy atom. The van der Waals surface area contributed by atoms with Gasteiger partial charge in [-0.1, -0.05) is 41.9 Å². The summed E-state index contributed by atoms with van der Waals surface area (Å²) in [5, 5.41) is 4.16. The van der Waals surface area contributed by atoms with E-state index in [1.165, 1.54) is 15.3 Å². The molecule has 0 bridgehead atoms. The predicted octanol–water partition coefficient (Wildman–Crippen LogP) is 6.44. The van der Waals surface area contributed by atoms with Crippen molar-refractivity contribution in [3.05, 3.63) is 75.0 Å². The SMILES string of the molecule is Clc1ccc(NCc2ccc(-c3ccccc3)s2)c(Br)c1. The molecule has 0 aliphatic heterocycles. The normalized spacial score (nSPS) is 10.6. The molecule has 0 amide bonds. The van der Waals surface area contributed by atoms with Crippen LogP contribution in [0.5, 0.6) is 0 Å². The van der Waals surface area contributed by atoms with E-state index in [1.54, 1.807) is 0 Å². The van der Waals surface area contributed by atoms with E-state index in [2.05, 4.69) is 57.6 Å². The van der Waals surface area contributed by atoms with Gasteiger partial charge < -0.3 is 5.32 Å².